The van der Waals surface area contributed by atoms with Crippen LogP contribution in [0.3, 0.4) is 0 Å². The van der Waals surface area contributed by atoms with Crippen LogP contribution in [0.2, 0.25) is 0 Å². The highest BCUT2D eigenvalue weighted by molar-refractivity contribution is 7.98. The third kappa shape index (κ3) is 4.80. The zero-order valence-corrected chi connectivity index (χ0v) is 16.4. The molecule has 27 heavy (non-hydrogen) atoms. The van der Waals surface area contributed by atoms with Crippen molar-refractivity contribution < 1.29 is 14.4 Å². The lowest BCUT2D eigenvalue weighted by Crippen LogP contribution is -2.14. The van der Waals surface area contributed by atoms with E-state index in [1.807, 2.05) is 24.5 Å². The van der Waals surface area contributed by atoms with Crippen molar-refractivity contribution in [3.8, 4) is 0 Å². The first kappa shape index (κ1) is 19.2. The maximum absolute atomic E-state index is 11.6. The monoisotopic (exact) mass is 381 g/mol. The first-order chi connectivity index (χ1) is 13.2. The van der Waals surface area contributed by atoms with E-state index in [0.717, 1.165) is 35.3 Å². The summed E-state index contributed by atoms with van der Waals surface area (Å²) in [6.07, 6.45) is 6.21. The lowest BCUT2D eigenvalue weighted by Gasteiger charge is -2.19. The van der Waals surface area contributed by atoms with Crippen molar-refractivity contribution in [1.82, 2.24) is 0 Å². The van der Waals surface area contributed by atoms with E-state index in [1.165, 1.54) is 10.5 Å². The fraction of sp³-hybridized carbons (Fsp3) is 0.273. The molecule has 0 aliphatic heterocycles. The summed E-state index contributed by atoms with van der Waals surface area (Å²) in [5.74, 6) is -0.420. The Morgan fingerprint density at radius 3 is 2.67 bits per heavy atom. The van der Waals surface area contributed by atoms with Gasteiger partial charge in [0, 0.05) is 16.0 Å². The standard InChI is InChI=1S/C22H23NO3S/c1-3-25-21(24)15-26-23-22(17-11-13-18(27-2)14-12-17)20-10-6-8-16-7-4-5-9-19(16)20/h4-5,7,9-14H,3,6,8,15H2,1-2H3. The highest BCUT2D eigenvalue weighted by atomic mass is 32.2. The van der Waals surface area contributed by atoms with Crippen molar-refractivity contribution in [3.63, 3.8) is 0 Å². The minimum atomic E-state index is -0.420. The molecular weight excluding hydrogens is 358 g/mol. The van der Waals surface area contributed by atoms with E-state index in [4.69, 9.17) is 9.57 Å². The summed E-state index contributed by atoms with van der Waals surface area (Å²) in [5, 5.41) is 4.33. The Kier molecular flexibility index (Phi) is 6.71. The predicted octanol–water partition coefficient (Wildman–Crippen LogP) is 4.72. The first-order valence-electron chi connectivity index (χ1n) is 9.01. The van der Waals surface area contributed by atoms with E-state index in [2.05, 4.69) is 41.6 Å². The SMILES string of the molecule is CCOC(=O)CON=C(C1=CCCc2ccccc21)c1ccc(SC)cc1. The molecule has 0 bridgehead atoms. The van der Waals surface area contributed by atoms with Crippen LogP contribution in [0.5, 0.6) is 0 Å². The summed E-state index contributed by atoms with van der Waals surface area (Å²) >= 11 is 1.69. The smallest absolute Gasteiger partial charge is 0.347 e. The van der Waals surface area contributed by atoms with Gasteiger partial charge in [-0.1, -0.05) is 47.6 Å². The molecule has 0 amide bonds. The van der Waals surface area contributed by atoms with Crippen LogP contribution in [-0.2, 0) is 20.8 Å². The number of carbonyl (C=O) groups excluding carboxylic acids is 1. The predicted molar refractivity (Wildman–Crippen MR) is 110 cm³/mol. The van der Waals surface area contributed by atoms with Gasteiger partial charge in [0.15, 0.2) is 0 Å². The highest BCUT2D eigenvalue weighted by Gasteiger charge is 2.19. The van der Waals surface area contributed by atoms with Crippen molar-refractivity contribution in [2.24, 2.45) is 5.16 Å². The summed E-state index contributed by atoms with van der Waals surface area (Å²) in [7, 11) is 0. The molecule has 1 aliphatic carbocycles. The van der Waals surface area contributed by atoms with Crippen LogP contribution in [0.15, 0.2) is 64.7 Å². The van der Waals surface area contributed by atoms with Gasteiger partial charge in [-0.25, -0.2) is 4.79 Å². The zero-order chi connectivity index (χ0) is 19.1. The third-order valence-corrected chi connectivity index (χ3v) is 5.08. The summed E-state index contributed by atoms with van der Waals surface area (Å²) in [6.45, 7) is 1.90. The van der Waals surface area contributed by atoms with Crippen LogP contribution in [0, 0.1) is 0 Å². The van der Waals surface area contributed by atoms with Crippen LogP contribution in [0.4, 0.5) is 0 Å². The Morgan fingerprint density at radius 1 is 1.15 bits per heavy atom. The number of hydrogen-bond acceptors (Lipinski definition) is 5. The molecule has 0 radical (unpaired) electrons. The Labute approximate surface area is 164 Å². The van der Waals surface area contributed by atoms with Crippen LogP contribution in [0.25, 0.3) is 5.57 Å². The molecule has 4 nitrogen and oxygen atoms in total. The molecule has 1 aliphatic rings. The maximum Gasteiger partial charge on any atom is 0.347 e. The van der Waals surface area contributed by atoms with Gasteiger partial charge in [0.05, 0.1) is 6.61 Å². The molecule has 0 heterocycles. The Balaban J connectivity index is 1.94. The van der Waals surface area contributed by atoms with Crippen LogP contribution in [-0.4, -0.2) is 31.2 Å². The molecule has 0 atom stereocenters. The lowest BCUT2D eigenvalue weighted by molar-refractivity contribution is -0.148. The van der Waals surface area contributed by atoms with Gasteiger partial charge in [0.2, 0.25) is 6.61 Å². The minimum absolute atomic E-state index is 0.199. The van der Waals surface area contributed by atoms with Gasteiger partial charge in [-0.2, -0.15) is 0 Å². The van der Waals surface area contributed by atoms with E-state index in [-0.39, 0.29) is 6.61 Å². The lowest BCUT2D eigenvalue weighted by atomic mass is 9.86. The molecule has 0 spiro atoms. The van der Waals surface area contributed by atoms with E-state index >= 15 is 0 Å². The number of hydrogen-bond donors (Lipinski definition) is 0. The second kappa shape index (κ2) is 9.42. The second-order valence-corrected chi connectivity index (χ2v) is 6.94. The number of aryl methyl sites for hydroxylation is 1. The molecule has 2 aromatic rings. The van der Waals surface area contributed by atoms with Gasteiger partial charge in [-0.15, -0.1) is 11.8 Å². The number of carbonyl (C=O) groups is 1. The van der Waals surface area contributed by atoms with Gasteiger partial charge in [0.1, 0.15) is 5.71 Å². The molecule has 0 aromatic heterocycles. The number of thioether (sulfide) groups is 1. The maximum atomic E-state index is 11.6. The number of rotatable bonds is 7. The van der Waals surface area contributed by atoms with Crippen LogP contribution in [0.1, 0.15) is 30.0 Å². The third-order valence-electron chi connectivity index (χ3n) is 4.33. The fourth-order valence-corrected chi connectivity index (χ4v) is 3.47. The van der Waals surface area contributed by atoms with Crippen molar-refractivity contribution in [3.05, 3.63) is 71.3 Å². The fourth-order valence-electron chi connectivity index (χ4n) is 3.07. The van der Waals surface area contributed by atoms with E-state index in [0.29, 0.717) is 6.61 Å². The molecule has 2 aromatic carbocycles. The van der Waals surface area contributed by atoms with Crippen molar-refractivity contribution in [1.29, 1.82) is 0 Å². The Hall–Kier alpha value is -2.53. The molecule has 0 unspecified atom stereocenters. The van der Waals surface area contributed by atoms with Crippen molar-refractivity contribution in [2.75, 3.05) is 19.5 Å². The van der Waals surface area contributed by atoms with Gasteiger partial charge >= 0.3 is 5.97 Å². The zero-order valence-electron chi connectivity index (χ0n) is 15.6. The van der Waals surface area contributed by atoms with E-state index < -0.39 is 5.97 Å². The van der Waals surface area contributed by atoms with Crippen LogP contribution < -0.4 is 0 Å². The molecule has 5 heteroatoms. The summed E-state index contributed by atoms with van der Waals surface area (Å²) in [5.41, 5.74) is 5.20. The van der Waals surface area contributed by atoms with Crippen LogP contribution >= 0.6 is 11.8 Å². The topological polar surface area (TPSA) is 47.9 Å². The number of allylic oxidation sites excluding steroid dienone is 2. The van der Waals surface area contributed by atoms with Gasteiger partial charge in [0.25, 0.3) is 0 Å². The number of nitrogens with zero attached hydrogens (tertiary/aromatic N) is 1. The number of benzene rings is 2. The number of oxime groups is 1. The average molecular weight is 381 g/mol. The molecule has 0 fully saturated rings. The molecule has 0 saturated carbocycles. The summed E-state index contributed by atoms with van der Waals surface area (Å²) in [6, 6.07) is 16.6. The minimum Gasteiger partial charge on any atom is -0.463 e. The number of ether oxygens (including phenoxy) is 1. The Morgan fingerprint density at radius 2 is 1.93 bits per heavy atom. The molecule has 3 rings (SSSR count). The highest BCUT2D eigenvalue weighted by Crippen LogP contribution is 2.30. The quantitative estimate of drug-likeness (QED) is 0.301. The summed E-state index contributed by atoms with van der Waals surface area (Å²) in [4.78, 5) is 18.1. The van der Waals surface area contributed by atoms with Crippen molar-refractivity contribution >= 4 is 29.0 Å². The van der Waals surface area contributed by atoms with Gasteiger partial charge in [-0.3, -0.25) is 0 Å². The molecule has 0 N–H and O–H groups in total. The van der Waals surface area contributed by atoms with Crippen molar-refractivity contribution in [2.45, 2.75) is 24.7 Å². The number of esters is 1. The average Bonchev–Trinajstić information content (AvgIpc) is 2.71. The first-order valence-corrected chi connectivity index (χ1v) is 10.2. The largest absolute Gasteiger partial charge is 0.463 e. The molecular formula is C22H23NO3S. The second-order valence-electron chi connectivity index (χ2n) is 6.06. The normalized spacial score (nSPS) is 13.6. The van der Waals surface area contributed by atoms with Gasteiger partial charge < -0.3 is 9.57 Å². The van der Waals surface area contributed by atoms with E-state index in [9.17, 15) is 4.79 Å². The molecule has 0 saturated heterocycles. The molecule has 140 valence electrons. The Bertz CT molecular complexity index is 856. The van der Waals surface area contributed by atoms with Gasteiger partial charge in [-0.05, 0) is 49.3 Å². The number of fused-ring (bicyclic) bond motifs is 1. The summed E-state index contributed by atoms with van der Waals surface area (Å²) < 4.78 is 4.91. The van der Waals surface area contributed by atoms with E-state index in [1.54, 1.807) is 18.7 Å².